The standard InChI is InChI=1S/C10H18O/c1-2-3-4-5-9-6-7-10(11)8-9/h9H,2-8H2,1H3/t9-/m1/s1. The first-order valence-electron chi connectivity index (χ1n) is 4.84. The second kappa shape index (κ2) is 4.53. The molecule has 1 fully saturated rings. The second-order valence-electron chi connectivity index (χ2n) is 3.64. The first kappa shape index (κ1) is 8.76. The molecule has 1 saturated carbocycles. The molecule has 0 saturated heterocycles. The summed E-state index contributed by atoms with van der Waals surface area (Å²) in [5.41, 5.74) is 0. The van der Waals surface area contributed by atoms with E-state index < -0.39 is 0 Å². The molecule has 11 heavy (non-hydrogen) atoms. The van der Waals surface area contributed by atoms with Crippen LogP contribution in [0.1, 0.15) is 51.9 Å². The maximum atomic E-state index is 10.9. The van der Waals surface area contributed by atoms with Crippen LogP contribution in [0.15, 0.2) is 0 Å². The zero-order chi connectivity index (χ0) is 8.10. The normalized spacial score (nSPS) is 24.5. The van der Waals surface area contributed by atoms with Gasteiger partial charge in [0.25, 0.3) is 0 Å². The van der Waals surface area contributed by atoms with Gasteiger partial charge in [-0.2, -0.15) is 0 Å². The highest BCUT2D eigenvalue weighted by molar-refractivity contribution is 5.80. The molecule has 1 aliphatic carbocycles. The van der Waals surface area contributed by atoms with Crippen molar-refractivity contribution in [1.29, 1.82) is 0 Å². The number of ketones is 1. The van der Waals surface area contributed by atoms with Gasteiger partial charge in [-0.25, -0.2) is 0 Å². The molecule has 0 amide bonds. The number of rotatable bonds is 4. The molecule has 64 valence electrons. The van der Waals surface area contributed by atoms with Crippen molar-refractivity contribution in [3.63, 3.8) is 0 Å². The number of Topliss-reactive ketones (excluding diaryl/α,β-unsaturated/α-hetero) is 1. The first-order valence-corrected chi connectivity index (χ1v) is 4.84. The van der Waals surface area contributed by atoms with Crippen molar-refractivity contribution in [1.82, 2.24) is 0 Å². The SMILES string of the molecule is CCCCC[C@@H]1CCC(=O)C1. The van der Waals surface area contributed by atoms with Crippen LogP contribution in [-0.2, 0) is 4.79 Å². The second-order valence-corrected chi connectivity index (χ2v) is 3.64. The molecule has 1 heteroatoms. The van der Waals surface area contributed by atoms with Crippen LogP contribution in [0.5, 0.6) is 0 Å². The Morgan fingerprint density at radius 3 is 2.82 bits per heavy atom. The molecule has 1 aliphatic rings. The fourth-order valence-electron chi connectivity index (χ4n) is 1.82. The number of hydrogen-bond donors (Lipinski definition) is 0. The van der Waals surface area contributed by atoms with Gasteiger partial charge in [0.1, 0.15) is 5.78 Å². The summed E-state index contributed by atoms with van der Waals surface area (Å²) < 4.78 is 0. The van der Waals surface area contributed by atoms with Crippen molar-refractivity contribution in [2.24, 2.45) is 5.92 Å². The molecule has 0 spiro atoms. The van der Waals surface area contributed by atoms with Crippen molar-refractivity contribution in [2.75, 3.05) is 0 Å². The van der Waals surface area contributed by atoms with E-state index in [-0.39, 0.29) is 0 Å². The summed E-state index contributed by atoms with van der Waals surface area (Å²) in [5, 5.41) is 0. The number of carbonyl (C=O) groups excluding carboxylic acids is 1. The number of carbonyl (C=O) groups is 1. The number of hydrogen-bond acceptors (Lipinski definition) is 1. The lowest BCUT2D eigenvalue weighted by molar-refractivity contribution is -0.117. The maximum absolute atomic E-state index is 10.9. The van der Waals surface area contributed by atoms with E-state index in [1.807, 2.05) is 0 Å². The topological polar surface area (TPSA) is 17.1 Å². The molecule has 1 nitrogen and oxygen atoms in total. The molecule has 0 aliphatic heterocycles. The summed E-state index contributed by atoms with van der Waals surface area (Å²) in [4.78, 5) is 10.9. The van der Waals surface area contributed by atoms with Crippen LogP contribution in [0.25, 0.3) is 0 Å². The van der Waals surface area contributed by atoms with Crippen molar-refractivity contribution in [3.05, 3.63) is 0 Å². The Morgan fingerprint density at radius 2 is 2.27 bits per heavy atom. The Morgan fingerprint density at radius 1 is 1.45 bits per heavy atom. The minimum atomic E-state index is 0.492. The van der Waals surface area contributed by atoms with E-state index in [2.05, 4.69) is 6.92 Å². The lowest BCUT2D eigenvalue weighted by Crippen LogP contribution is -1.94. The van der Waals surface area contributed by atoms with E-state index in [9.17, 15) is 4.79 Å². The zero-order valence-corrected chi connectivity index (χ0v) is 7.44. The first-order chi connectivity index (χ1) is 5.33. The fourth-order valence-corrected chi connectivity index (χ4v) is 1.82. The molecule has 0 radical (unpaired) electrons. The smallest absolute Gasteiger partial charge is 0.133 e. The summed E-state index contributed by atoms with van der Waals surface area (Å²) in [5.74, 6) is 1.24. The van der Waals surface area contributed by atoms with Crippen molar-refractivity contribution in [2.45, 2.75) is 51.9 Å². The Labute approximate surface area is 69.2 Å². The molecule has 0 N–H and O–H groups in total. The third-order valence-electron chi connectivity index (χ3n) is 2.56. The molecule has 0 aromatic carbocycles. The van der Waals surface area contributed by atoms with Crippen LogP contribution >= 0.6 is 0 Å². The van der Waals surface area contributed by atoms with Crippen LogP contribution in [-0.4, -0.2) is 5.78 Å². The highest BCUT2D eigenvalue weighted by Gasteiger charge is 2.20. The van der Waals surface area contributed by atoms with Gasteiger partial charge in [0, 0.05) is 12.8 Å². The lowest BCUT2D eigenvalue weighted by atomic mass is 10.0. The molecule has 1 rings (SSSR count). The van der Waals surface area contributed by atoms with Gasteiger partial charge in [0.05, 0.1) is 0 Å². The van der Waals surface area contributed by atoms with Crippen LogP contribution in [0.3, 0.4) is 0 Å². The minimum absolute atomic E-state index is 0.492. The van der Waals surface area contributed by atoms with Crippen molar-refractivity contribution in [3.8, 4) is 0 Å². The minimum Gasteiger partial charge on any atom is -0.300 e. The highest BCUT2D eigenvalue weighted by Crippen LogP contribution is 2.26. The Balaban J connectivity index is 2.04. The highest BCUT2D eigenvalue weighted by atomic mass is 16.1. The molecule has 0 unspecified atom stereocenters. The maximum Gasteiger partial charge on any atom is 0.133 e. The fraction of sp³-hybridized carbons (Fsp3) is 0.900. The van der Waals surface area contributed by atoms with Crippen molar-refractivity contribution < 1.29 is 4.79 Å². The van der Waals surface area contributed by atoms with E-state index in [0.717, 1.165) is 18.8 Å². The van der Waals surface area contributed by atoms with Gasteiger partial charge in [-0.05, 0) is 12.3 Å². The van der Waals surface area contributed by atoms with Gasteiger partial charge in [0.15, 0.2) is 0 Å². The van der Waals surface area contributed by atoms with Gasteiger partial charge < -0.3 is 0 Å². The summed E-state index contributed by atoms with van der Waals surface area (Å²) in [6, 6.07) is 0. The molecule has 0 bridgehead atoms. The van der Waals surface area contributed by atoms with Crippen LogP contribution in [0, 0.1) is 5.92 Å². The van der Waals surface area contributed by atoms with Gasteiger partial charge >= 0.3 is 0 Å². The van der Waals surface area contributed by atoms with E-state index in [1.54, 1.807) is 0 Å². The molecular weight excluding hydrogens is 136 g/mol. The largest absolute Gasteiger partial charge is 0.300 e. The third-order valence-corrected chi connectivity index (χ3v) is 2.56. The Bertz CT molecular complexity index is 129. The predicted octanol–water partition coefficient (Wildman–Crippen LogP) is 2.94. The summed E-state index contributed by atoms with van der Waals surface area (Å²) in [7, 11) is 0. The van der Waals surface area contributed by atoms with Crippen LogP contribution in [0.4, 0.5) is 0 Å². The van der Waals surface area contributed by atoms with Gasteiger partial charge in [-0.3, -0.25) is 4.79 Å². The monoisotopic (exact) mass is 154 g/mol. The van der Waals surface area contributed by atoms with Gasteiger partial charge in [-0.1, -0.05) is 32.6 Å². The molecular formula is C10H18O. The Kier molecular flexibility index (Phi) is 3.61. The lowest BCUT2D eigenvalue weighted by Gasteiger charge is -2.05. The molecule has 0 aromatic heterocycles. The van der Waals surface area contributed by atoms with Crippen molar-refractivity contribution >= 4 is 5.78 Å². The van der Waals surface area contributed by atoms with E-state index >= 15 is 0 Å². The molecule has 0 aromatic rings. The van der Waals surface area contributed by atoms with E-state index in [0.29, 0.717) is 5.78 Å². The van der Waals surface area contributed by atoms with Crippen LogP contribution in [0.2, 0.25) is 0 Å². The average molecular weight is 154 g/mol. The summed E-state index contributed by atoms with van der Waals surface area (Å²) in [6.45, 7) is 2.22. The summed E-state index contributed by atoms with van der Waals surface area (Å²) >= 11 is 0. The quantitative estimate of drug-likeness (QED) is 0.569. The average Bonchev–Trinajstić information content (AvgIpc) is 2.37. The Hall–Kier alpha value is -0.330. The van der Waals surface area contributed by atoms with E-state index in [4.69, 9.17) is 0 Å². The molecule has 0 heterocycles. The third kappa shape index (κ3) is 3.04. The number of unbranched alkanes of at least 4 members (excludes halogenated alkanes) is 2. The van der Waals surface area contributed by atoms with Gasteiger partial charge in [0.2, 0.25) is 0 Å². The zero-order valence-electron chi connectivity index (χ0n) is 7.44. The van der Waals surface area contributed by atoms with Gasteiger partial charge in [-0.15, -0.1) is 0 Å². The molecule has 1 atom stereocenters. The van der Waals surface area contributed by atoms with E-state index in [1.165, 1.54) is 32.1 Å². The summed E-state index contributed by atoms with van der Waals surface area (Å²) in [6.07, 6.45) is 8.16. The van der Waals surface area contributed by atoms with Crippen LogP contribution < -0.4 is 0 Å². The predicted molar refractivity (Wildman–Crippen MR) is 46.5 cm³/mol.